The average Bonchev–Trinajstić information content (AvgIpc) is 2.71. The maximum atomic E-state index is 11.7. The molecule has 0 bridgehead atoms. The van der Waals surface area contributed by atoms with Crippen LogP contribution in [-0.2, 0) is 6.42 Å². The first kappa shape index (κ1) is 11.0. The quantitative estimate of drug-likeness (QED) is 0.706. The molecule has 88 valence electrons. The Morgan fingerprint density at radius 3 is 2.72 bits per heavy atom. The second-order valence-electron chi connectivity index (χ2n) is 3.93. The SMILES string of the molecule is O=c1ncccc2nc(Cc3ccccc3)sc12. The molecule has 3 aromatic rings. The van der Waals surface area contributed by atoms with Crippen molar-refractivity contribution in [2.24, 2.45) is 0 Å². The Balaban J connectivity index is 2.05. The van der Waals surface area contributed by atoms with E-state index in [1.807, 2.05) is 24.3 Å². The lowest BCUT2D eigenvalue weighted by molar-refractivity contribution is 1.16. The highest BCUT2D eigenvalue weighted by atomic mass is 32.1. The molecule has 1 aromatic carbocycles. The van der Waals surface area contributed by atoms with Gasteiger partial charge in [0.15, 0.2) is 0 Å². The first-order valence-electron chi connectivity index (χ1n) is 5.61. The summed E-state index contributed by atoms with van der Waals surface area (Å²) in [6, 6.07) is 13.7. The Morgan fingerprint density at radius 2 is 1.89 bits per heavy atom. The van der Waals surface area contributed by atoms with Gasteiger partial charge in [-0.2, -0.15) is 0 Å². The second-order valence-corrected chi connectivity index (χ2v) is 5.01. The molecule has 0 N–H and O–H groups in total. The molecule has 0 fully saturated rings. The van der Waals surface area contributed by atoms with Gasteiger partial charge in [0.1, 0.15) is 4.70 Å². The number of fused-ring (bicyclic) bond motifs is 1. The molecule has 0 atom stereocenters. The van der Waals surface area contributed by atoms with Crippen LogP contribution in [-0.4, -0.2) is 9.97 Å². The summed E-state index contributed by atoms with van der Waals surface area (Å²) in [5.74, 6) is 0. The molecule has 0 saturated carbocycles. The van der Waals surface area contributed by atoms with Crippen molar-refractivity contribution in [1.29, 1.82) is 0 Å². The van der Waals surface area contributed by atoms with Crippen molar-refractivity contribution in [2.75, 3.05) is 0 Å². The first-order chi connectivity index (χ1) is 8.83. The van der Waals surface area contributed by atoms with E-state index in [9.17, 15) is 4.79 Å². The smallest absolute Gasteiger partial charge is 0.266 e. The fourth-order valence-corrected chi connectivity index (χ4v) is 2.77. The minimum absolute atomic E-state index is 0.202. The number of hydrogen-bond donors (Lipinski definition) is 0. The minimum Gasteiger partial charge on any atom is -0.266 e. The van der Waals surface area contributed by atoms with Crippen LogP contribution >= 0.6 is 11.3 Å². The predicted octanol–water partition coefficient (Wildman–Crippen LogP) is 2.64. The van der Waals surface area contributed by atoms with Crippen LogP contribution in [0, 0.1) is 0 Å². The Morgan fingerprint density at radius 1 is 1.06 bits per heavy atom. The summed E-state index contributed by atoms with van der Waals surface area (Å²) in [6.45, 7) is 0. The van der Waals surface area contributed by atoms with E-state index in [1.165, 1.54) is 23.1 Å². The second kappa shape index (κ2) is 4.66. The Hall–Kier alpha value is -2.07. The summed E-state index contributed by atoms with van der Waals surface area (Å²) in [5, 5.41) is 0.946. The highest BCUT2D eigenvalue weighted by molar-refractivity contribution is 7.18. The standard InChI is InChI=1S/C14H10N2OS/c17-14-13-11(7-4-8-15-14)16-12(18-13)9-10-5-2-1-3-6-10/h1-8H,9H2. The molecule has 18 heavy (non-hydrogen) atoms. The van der Waals surface area contributed by atoms with Crippen molar-refractivity contribution in [3.05, 3.63) is 69.6 Å². The molecular weight excluding hydrogens is 244 g/mol. The van der Waals surface area contributed by atoms with Gasteiger partial charge < -0.3 is 0 Å². The summed E-state index contributed by atoms with van der Waals surface area (Å²) in [7, 11) is 0. The largest absolute Gasteiger partial charge is 0.289 e. The van der Waals surface area contributed by atoms with Crippen LogP contribution in [0.25, 0.3) is 10.2 Å². The van der Waals surface area contributed by atoms with E-state index in [-0.39, 0.29) is 5.56 Å². The van der Waals surface area contributed by atoms with Gasteiger partial charge in [0.25, 0.3) is 5.56 Å². The molecular formula is C14H10N2OS. The summed E-state index contributed by atoms with van der Waals surface area (Å²) < 4.78 is 0.630. The molecule has 2 aromatic heterocycles. The van der Waals surface area contributed by atoms with Gasteiger partial charge in [-0.3, -0.25) is 4.79 Å². The van der Waals surface area contributed by atoms with Crippen molar-refractivity contribution in [3.63, 3.8) is 0 Å². The van der Waals surface area contributed by atoms with E-state index in [4.69, 9.17) is 0 Å². The van der Waals surface area contributed by atoms with Crippen LogP contribution in [0.2, 0.25) is 0 Å². The summed E-state index contributed by atoms with van der Waals surface area (Å²) in [4.78, 5) is 20.0. The van der Waals surface area contributed by atoms with Gasteiger partial charge in [0.05, 0.1) is 10.5 Å². The number of nitrogens with zero attached hydrogens (tertiary/aromatic N) is 2. The molecule has 0 saturated heterocycles. The molecule has 0 radical (unpaired) electrons. The predicted molar refractivity (Wildman–Crippen MR) is 72.9 cm³/mol. The number of benzene rings is 1. The zero-order valence-electron chi connectivity index (χ0n) is 9.54. The molecule has 0 aliphatic heterocycles. The Bertz CT molecular complexity index is 737. The average molecular weight is 254 g/mol. The zero-order chi connectivity index (χ0) is 12.4. The van der Waals surface area contributed by atoms with E-state index >= 15 is 0 Å². The number of thiazole rings is 1. The molecule has 0 aliphatic rings. The lowest BCUT2D eigenvalue weighted by atomic mass is 10.2. The topological polar surface area (TPSA) is 42.9 Å². The molecule has 0 aliphatic carbocycles. The van der Waals surface area contributed by atoms with Crippen molar-refractivity contribution < 1.29 is 0 Å². The van der Waals surface area contributed by atoms with Crippen LogP contribution in [0.15, 0.2) is 53.5 Å². The monoisotopic (exact) mass is 254 g/mol. The van der Waals surface area contributed by atoms with E-state index in [2.05, 4.69) is 22.1 Å². The normalized spacial score (nSPS) is 10.7. The van der Waals surface area contributed by atoms with Crippen molar-refractivity contribution in [2.45, 2.75) is 6.42 Å². The zero-order valence-corrected chi connectivity index (χ0v) is 10.4. The van der Waals surface area contributed by atoms with Gasteiger partial charge in [-0.25, -0.2) is 9.97 Å². The fourth-order valence-electron chi connectivity index (χ4n) is 1.79. The van der Waals surface area contributed by atoms with Crippen LogP contribution in [0.1, 0.15) is 10.6 Å². The maximum Gasteiger partial charge on any atom is 0.289 e. The fraction of sp³-hybridized carbons (Fsp3) is 0.0714. The Kier molecular flexibility index (Phi) is 2.86. The molecule has 3 nitrogen and oxygen atoms in total. The summed E-state index contributed by atoms with van der Waals surface area (Å²) in [5.41, 5.74) is 1.72. The minimum atomic E-state index is -0.202. The molecule has 3 rings (SSSR count). The van der Waals surface area contributed by atoms with Crippen LogP contribution in [0.5, 0.6) is 0 Å². The van der Waals surface area contributed by atoms with E-state index in [1.54, 1.807) is 6.07 Å². The maximum absolute atomic E-state index is 11.7. The number of aromatic nitrogens is 2. The van der Waals surface area contributed by atoms with Gasteiger partial charge in [-0.05, 0) is 17.7 Å². The van der Waals surface area contributed by atoms with Gasteiger partial charge in [0, 0.05) is 12.6 Å². The highest BCUT2D eigenvalue weighted by Gasteiger charge is 2.06. The van der Waals surface area contributed by atoms with Crippen LogP contribution in [0.3, 0.4) is 0 Å². The lowest BCUT2D eigenvalue weighted by Crippen LogP contribution is -1.98. The number of hydrogen-bond acceptors (Lipinski definition) is 4. The van der Waals surface area contributed by atoms with Crippen molar-refractivity contribution in [1.82, 2.24) is 9.97 Å². The summed E-state index contributed by atoms with van der Waals surface area (Å²) >= 11 is 1.43. The molecule has 4 heteroatoms. The third-order valence-corrected chi connectivity index (χ3v) is 3.68. The third-order valence-electron chi connectivity index (χ3n) is 2.62. The summed E-state index contributed by atoms with van der Waals surface area (Å²) in [6.07, 6.45) is 2.26. The van der Waals surface area contributed by atoms with Gasteiger partial charge in [-0.15, -0.1) is 11.3 Å². The van der Waals surface area contributed by atoms with Gasteiger partial charge >= 0.3 is 0 Å². The molecule has 2 heterocycles. The van der Waals surface area contributed by atoms with Gasteiger partial charge in [-0.1, -0.05) is 30.3 Å². The van der Waals surface area contributed by atoms with E-state index in [0.29, 0.717) is 4.70 Å². The van der Waals surface area contributed by atoms with E-state index < -0.39 is 0 Å². The first-order valence-corrected chi connectivity index (χ1v) is 6.43. The van der Waals surface area contributed by atoms with E-state index in [0.717, 1.165) is 16.9 Å². The Labute approximate surface area is 108 Å². The highest BCUT2D eigenvalue weighted by Crippen LogP contribution is 2.20. The van der Waals surface area contributed by atoms with Crippen molar-refractivity contribution in [3.8, 4) is 0 Å². The molecule has 0 spiro atoms. The number of rotatable bonds is 2. The van der Waals surface area contributed by atoms with Gasteiger partial charge in [0.2, 0.25) is 0 Å². The molecule has 0 unspecified atom stereocenters. The third kappa shape index (κ3) is 2.15. The van der Waals surface area contributed by atoms with Crippen LogP contribution in [0.4, 0.5) is 0 Å². The van der Waals surface area contributed by atoms with Crippen molar-refractivity contribution >= 4 is 21.6 Å². The molecule has 0 amide bonds. The van der Waals surface area contributed by atoms with Crippen LogP contribution < -0.4 is 5.56 Å². The lowest BCUT2D eigenvalue weighted by Gasteiger charge is -1.95.